The lowest BCUT2D eigenvalue weighted by Crippen LogP contribution is -2.42. The number of hydrogen-bond donors (Lipinski definition) is 2. The molecule has 0 aromatic rings. The minimum atomic E-state index is 0.0180. The van der Waals surface area contributed by atoms with E-state index < -0.39 is 0 Å². The van der Waals surface area contributed by atoms with Crippen LogP contribution in [0.5, 0.6) is 0 Å². The summed E-state index contributed by atoms with van der Waals surface area (Å²) in [5.74, 6) is 3.83. The summed E-state index contributed by atoms with van der Waals surface area (Å²) >= 11 is 3.55. The Labute approximate surface area is 93.5 Å². The SMILES string of the molecule is C=CCSCCNC(=O)C1CSCN1. The summed E-state index contributed by atoms with van der Waals surface area (Å²) in [4.78, 5) is 11.5. The third-order valence-electron chi connectivity index (χ3n) is 1.81. The van der Waals surface area contributed by atoms with Crippen LogP contribution in [0.1, 0.15) is 0 Å². The summed E-state index contributed by atoms with van der Waals surface area (Å²) in [5, 5.41) is 6.05. The number of nitrogens with one attached hydrogen (secondary N) is 2. The fourth-order valence-electron chi connectivity index (χ4n) is 1.10. The second-order valence-corrected chi connectivity index (χ2v) is 5.11. The van der Waals surface area contributed by atoms with Gasteiger partial charge in [0.2, 0.25) is 5.91 Å². The summed E-state index contributed by atoms with van der Waals surface area (Å²) in [6.45, 7) is 4.39. The first kappa shape index (κ1) is 11.9. The fourth-order valence-corrected chi connectivity index (χ4v) is 2.62. The summed E-state index contributed by atoms with van der Waals surface area (Å²) < 4.78 is 0. The Kier molecular flexibility index (Phi) is 6.14. The maximum Gasteiger partial charge on any atom is 0.238 e. The lowest BCUT2D eigenvalue weighted by molar-refractivity contribution is -0.122. The van der Waals surface area contributed by atoms with Gasteiger partial charge >= 0.3 is 0 Å². The molecule has 2 N–H and O–H groups in total. The molecule has 1 atom stereocenters. The minimum absolute atomic E-state index is 0.0180. The van der Waals surface area contributed by atoms with E-state index >= 15 is 0 Å². The first-order valence-corrected chi connectivity index (χ1v) is 6.93. The molecule has 0 aromatic heterocycles. The highest BCUT2D eigenvalue weighted by molar-refractivity contribution is 7.99. The van der Waals surface area contributed by atoms with E-state index in [-0.39, 0.29) is 11.9 Å². The van der Waals surface area contributed by atoms with Crippen LogP contribution in [0.2, 0.25) is 0 Å². The van der Waals surface area contributed by atoms with Crippen molar-refractivity contribution in [3.63, 3.8) is 0 Å². The van der Waals surface area contributed by atoms with Crippen molar-refractivity contribution >= 4 is 29.4 Å². The summed E-state index contributed by atoms with van der Waals surface area (Å²) in [6.07, 6.45) is 1.88. The molecule has 0 bridgehead atoms. The van der Waals surface area contributed by atoms with Gasteiger partial charge in [0.25, 0.3) is 0 Å². The van der Waals surface area contributed by atoms with Crippen LogP contribution in [-0.2, 0) is 4.79 Å². The van der Waals surface area contributed by atoms with Gasteiger partial charge in [-0.2, -0.15) is 11.8 Å². The first-order valence-electron chi connectivity index (χ1n) is 4.62. The highest BCUT2D eigenvalue weighted by atomic mass is 32.2. The van der Waals surface area contributed by atoms with E-state index in [1.165, 1.54) is 0 Å². The molecule has 14 heavy (non-hydrogen) atoms. The molecule has 0 aliphatic carbocycles. The van der Waals surface area contributed by atoms with Gasteiger partial charge in [0.1, 0.15) is 0 Å². The van der Waals surface area contributed by atoms with Crippen LogP contribution >= 0.6 is 23.5 Å². The van der Waals surface area contributed by atoms with Gasteiger partial charge in [-0.05, 0) is 0 Å². The summed E-state index contributed by atoms with van der Waals surface area (Å²) in [5.41, 5.74) is 0. The molecule has 0 spiro atoms. The molecule has 3 nitrogen and oxygen atoms in total. The van der Waals surface area contributed by atoms with Gasteiger partial charge < -0.3 is 5.32 Å². The van der Waals surface area contributed by atoms with Crippen LogP contribution in [0.3, 0.4) is 0 Å². The molecule has 5 heteroatoms. The molecule has 1 rings (SSSR count). The van der Waals surface area contributed by atoms with Crippen LogP contribution < -0.4 is 10.6 Å². The molecule has 1 heterocycles. The number of thioether (sulfide) groups is 2. The van der Waals surface area contributed by atoms with Crippen molar-refractivity contribution in [2.24, 2.45) is 0 Å². The zero-order chi connectivity index (χ0) is 10.2. The highest BCUT2D eigenvalue weighted by Crippen LogP contribution is 2.09. The maximum absolute atomic E-state index is 11.5. The standard InChI is InChI=1S/C9H16N2OS2/c1-2-4-13-5-3-10-9(12)8-6-14-7-11-8/h2,8,11H,1,3-7H2,(H,10,12). The molecule has 0 aromatic carbocycles. The van der Waals surface area contributed by atoms with E-state index in [1.54, 1.807) is 23.5 Å². The molecule has 1 aliphatic rings. The van der Waals surface area contributed by atoms with Crippen LogP contribution in [0.4, 0.5) is 0 Å². The second-order valence-electron chi connectivity index (χ2n) is 2.93. The van der Waals surface area contributed by atoms with Crippen molar-refractivity contribution in [2.45, 2.75) is 6.04 Å². The van der Waals surface area contributed by atoms with Gasteiger partial charge in [-0.15, -0.1) is 18.3 Å². The molecule has 1 fully saturated rings. The lowest BCUT2D eigenvalue weighted by Gasteiger charge is -2.09. The third-order valence-corrected chi connectivity index (χ3v) is 3.72. The topological polar surface area (TPSA) is 41.1 Å². The Bertz CT molecular complexity index is 193. The van der Waals surface area contributed by atoms with Crippen molar-refractivity contribution in [3.8, 4) is 0 Å². The fraction of sp³-hybridized carbons (Fsp3) is 0.667. The summed E-state index contributed by atoms with van der Waals surface area (Å²) in [6, 6.07) is 0.0180. The Morgan fingerprint density at radius 3 is 3.29 bits per heavy atom. The van der Waals surface area contributed by atoms with E-state index in [2.05, 4.69) is 17.2 Å². The first-order chi connectivity index (χ1) is 6.84. The Morgan fingerprint density at radius 1 is 1.79 bits per heavy atom. The van der Waals surface area contributed by atoms with E-state index in [0.29, 0.717) is 0 Å². The van der Waals surface area contributed by atoms with Gasteiger partial charge in [0.05, 0.1) is 6.04 Å². The van der Waals surface area contributed by atoms with Crippen LogP contribution in [0.25, 0.3) is 0 Å². The molecular weight excluding hydrogens is 216 g/mol. The second kappa shape index (κ2) is 7.20. The zero-order valence-electron chi connectivity index (χ0n) is 8.12. The van der Waals surface area contributed by atoms with Gasteiger partial charge in [-0.25, -0.2) is 0 Å². The highest BCUT2D eigenvalue weighted by Gasteiger charge is 2.21. The third kappa shape index (κ3) is 4.39. The lowest BCUT2D eigenvalue weighted by atomic mass is 10.3. The predicted molar refractivity (Wildman–Crippen MR) is 64.8 cm³/mol. The Hall–Kier alpha value is -0.130. The number of carbonyl (C=O) groups is 1. The number of amides is 1. The molecule has 80 valence electrons. The van der Waals surface area contributed by atoms with Crippen molar-refractivity contribution in [1.29, 1.82) is 0 Å². The van der Waals surface area contributed by atoms with E-state index in [0.717, 1.165) is 29.7 Å². The smallest absolute Gasteiger partial charge is 0.238 e. The average molecular weight is 232 g/mol. The van der Waals surface area contributed by atoms with Gasteiger partial charge in [-0.1, -0.05) is 6.08 Å². The predicted octanol–water partition coefficient (Wildman–Crippen LogP) is 0.684. The number of rotatable bonds is 6. The number of carbonyl (C=O) groups excluding carboxylic acids is 1. The molecular formula is C9H16N2OS2. The maximum atomic E-state index is 11.5. The van der Waals surface area contributed by atoms with Crippen molar-refractivity contribution < 1.29 is 4.79 Å². The van der Waals surface area contributed by atoms with E-state index in [1.807, 2.05) is 6.08 Å². The molecule has 1 amide bonds. The quantitative estimate of drug-likeness (QED) is 0.522. The Morgan fingerprint density at radius 2 is 2.64 bits per heavy atom. The van der Waals surface area contributed by atoms with Crippen molar-refractivity contribution in [3.05, 3.63) is 12.7 Å². The molecule has 0 saturated carbocycles. The van der Waals surface area contributed by atoms with Crippen molar-refractivity contribution in [2.75, 3.05) is 29.7 Å². The van der Waals surface area contributed by atoms with Crippen LogP contribution in [0, 0.1) is 0 Å². The summed E-state index contributed by atoms with van der Waals surface area (Å²) in [7, 11) is 0. The van der Waals surface area contributed by atoms with E-state index in [9.17, 15) is 4.79 Å². The minimum Gasteiger partial charge on any atom is -0.354 e. The molecule has 0 radical (unpaired) electrons. The van der Waals surface area contributed by atoms with Crippen molar-refractivity contribution in [1.82, 2.24) is 10.6 Å². The van der Waals surface area contributed by atoms with Gasteiger partial charge in [0, 0.05) is 29.7 Å². The van der Waals surface area contributed by atoms with Crippen LogP contribution in [0.15, 0.2) is 12.7 Å². The zero-order valence-corrected chi connectivity index (χ0v) is 9.76. The molecule has 1 unspecified atom stereocenters. The Balaban J connectivity index is 2.00. The van der Waals surface area contributed by atoms with E-state index in [4.69, 9.17) is 0 Å². The molecule has 1 saturated heterocycles. The average Bonchev–Trinajstić information content (AvgIpc) is 2.70. The van der Waals surface area contributed by atoms with Gasteiger partial charge in [0.15, 0.2) is 0 Å². The largest absolute Gasteiger partial charge is 0.354 e. The monoisotopic (exact) mass is 232 g/mol. The number of hydrogen-bond acceptors (Lipinski definition) is 4. The van der Waals surface area contributed by atoms with Crippen LogP contribution in [-0.4, -0.2) is 41.6 Å². The molecule has 1 aliphatic heterocycles. The normalized spacial score (nSPS) is 20.7. The van der Waals surface area contributed by atoms with Gasteiger partial charge in [-0.3, -0.25) is 10.1 Å².